The molecule has 0 bridgehead atoms. The Labute approximate surface area is 63.0 Å². The molecule has 1 N–H and O–H groups in total. The van der Waals surface area contributed by atoms with Crippen LogP contribution in [0.1, 0.15) is 6.92 Å². The van der Waals surface area contributed by atoms with Gasteiger partial charge in [0.15, 0.2) is 0 Å². The van der Waals surface area contributed by atoms with Gasteiger partial charge in [0.2, 0.25) is 6.29 Å². The first-order chi connectivity index (χ1) is 5.07. The highest BCUT2D eigenvalue weighted by Crippen LogP contribution is 1.87. The van der Waals surface area contributed by atoms with Crippen LogP contribution in [-0.2, 0) is 19.2 Å². The Bertz CT molecular complexity index is 209. The van der Waals surface area contributed by atoms with Crippen molar-refractivity contribution in [3.8, 4) is 0 Å². The Morgan fingerprint density at radius 1 is 1.55 bits per heavy atom. The maximum absolute atomic E-state index is 10.5. The Morgan fingerprint density at radius 2 is 2.09 bits per heavy atom. The monoisotopic (exact) mass is 157 g/mol. The summed E-state index contributed by atoms with van der Waals surface area (Å²) >= 11 is 0. The molecule has 60 valence electrons. The molecule has 0 unspecified atom stereocenters. The van der Waals surface area contributed by atoms with Crippen molar-refractivity contribution in [2.75, 3.05) is 0 Å². The van der Waals surface area contributed by atoms with Gasteiger partial charge in [-0.1, -0.05) is 6.58 Å². The highest BCUT2D eigenvalue weighted by molar-refractivity contribution is 6.23. The summed E-state index contributed by atoms with van der Waals surface area (Å²) in [4.78, 5) is 34.4. The van der Waals surface area contributed by atoms with Crippen LogP contribution in [0.2, 0.25) is 0 Å². The summed E-state index contributed by atoms with van der Waals surface area (Å²) in [5.74, 6) is -1.79. The second kappa shape index (κ2) is 4.21. The zero-order valence-electron chi connectivity index (χ0n) is 5.92. The SMILES string of the molecule is C=C(C)C(=O)ONC(=O)C=O. The molecule has 0 atom stereocenters. The summed E-state index contributed by atoms with van der Waals surface area (Å²) < 4.78 is 0. The van der Waals surface area contributed by atoms with Crippen molar-refractivity contribution in [3.63, 3.8) is 0 Å². The lowest BCUT2D eigenvalue weighted by molar-refractivity contribution is -0.155. The lowest BCUT2D eigenvalue weighted by Crippen LogP contribution is -2.27. The second-order valence-electron chi connectivity index (χ2n) is 1.75. The minimum Gasteiger partial charge on any atom is -0.335 e. The minimum absolute atomic E-state index is 0.00823. The van der Waals surface area contributed by atoms with E-state index in [-0.39, 0.29) is 11.9 Å². The van der Waals surface area contributed by atoms with E-state index in [1.807, 2.05) is 0 Å². The summed E-state index contributed by atoms with van der Waals surface area (Å²) in [6.07, 6.45) is -0.00823. The van der Waals surface area contributed by atoms with Crippen molar-refractivity contribution in [2.24, 2.45) is 0 Å². The van der Waals surface area contributed by atoms with E-state index in [2.05, 4.69) is 11.4 Å². The van der Waals surface area contributed by atoms with E-state index in [1.54, 1.807) is 5.48 Å². The predicted molar refractivity (Wildman–Crippen MR) is 35.1 cm³/mol. The van der Waals surface area contributed by atoms with Crippen LogP contribution in [0.5, 0.6) is 0 Å². The third-order valence-electron chi connectivity index (χ3n) is 0.700. The number of nitrogens with one attached hydrogen (secondary N) is 1. The fraction of sp³-hybridized carbons (Fsp3) is 0.167. The molecule has 0 rings (SSSR count). The highest BCUT2D eigenvalue weighted by Gasteiger charge is 2.04. The summed E-state index contributed by atoms with van der Waals surface area (Å²) in [6, 6.07) is 0. The van der Waals surface area contributed by atoms with Crippen molar-refractivity contribution in [2.45, 2.75) is 6.92 Å². The molecular weight excluding hydrogens is 150 g/mol. The van der Waals surface area contributed by atoms with E-state index in [1.165, 1.54) is 6.92 Å². The van der Waals surface area contributed by atoms with Gasteiger partial charge in [0.05, 0.1) is 0 Å². The van der Waals surface area contributed by atoms with Gasteiger partial charge in [-0.3, -0.25) is 9.59 Å². The largest absolute Gasteiger partial charge is 0.358 e. The third kappa shape index (κ3) is 3.85. The van der Waals surface area contributed by atoms with Crippen LogP contribution in [-0.4, -0.2) is 18.2 Å². The number of hydrogen-bond donors (Lipinski definition) is 1. The zero-order chi connectivity index (χ0) is 8.85. The highest BCUT2D eigenvalue weighted by atomic mass is 16.7. The number of hydrogen-bond acceptors (Lipinski definition) is 4. The first-order valence-corrected chi connectivity index (χ1v) is 2.69. The molecule has 0 aliphatic heterocycles. The molecule has 5 nitrogen and oxygen atoms in total. The second-order valence-corrected chi connectivity index (χ2v) is 1.75. The van der Waals surface area contributed by atoms with E-state index in [0.717, 1.165) is 0 Å². The third-order valence-corrected chi connectivity index (χ3v) is 0.700. The van der Waals surface area contributed by atoms with Crippen LogP contribution >= 0.6 is 0 Å². The average molecular weight is 157 g/mol. The van der Waals surface area contributed by atoms with Crippen molar-refractivity contribution in [1.29, 1.82) is 0 Å². The van der Waals surface area contributed by atoms with Gasteiger partial charge in [-0.05, 0) is 6.92 Å². The number of hydroxylamine groups is 1. The van der Waals surface area contributed by atoms with Crippen LogP contribution in [0.3, 0.4) is 0 Å². The molecule has 0 fully saturated rings. The number of rotatable bonds is 2. The van der Waals surface area contributed by atoms with Gasteiger partial charge in [-0.25, -0.2) is 4.79 Å². The number of amides is 1. The van der Waals surface area contributed by atoms with E-state index in [9.17, 15) is 14.4 Å². The molecule has 11 heavy (non-hydrogen) atoms. The topological polar surface area (TPSA) is 72.5 Å². The van der Waals surface area contributed by atoms with E-state index in [0.29, 0.717) is 0 Å². The molecule has 0 saturated carbocycles. The van der Waals surface area contributed by atoms with Gasteiger partial charge in [0, 0.05) is 5.57 Å². The molecule has 1 amide bonds. The minimum atomic E-state index is -1.01. The molecule has 0 spiro atoms. The van der Waals surface area contributed by atoms with Crippen LogP contribution in [0.15, 0.2) is 12.2 Å². The molecule has 0 aromatic carbocycles. The van der Waals surface area contributed by atoms with Gasteiger partial charge < -0.3 is 4.84 Å². The Morgan fingerprint density at radius 3 is 2.45 bits per heavy atom. The predicted octanol–water partition coefficient (Wildman–Crippen LogP) is -0.664. The molecule has 0 radical (unpaired) electrons. The van der Waals surface area contributed by atoms with Gasteiger partial charge in [0.25, 0.3) is 0 Å². The van der Waals surface area contributed by atoms with Crippen LogP contribution in [0.4, 0.5) is 0 Å². The number of aldehydes is 1. The molecule has 0 aliphatic rings. The van der Waals surface area contributed by atoms with E-state index >= 15 is 0 Å². The summed E-state index contributed by atoms with van der Waals surface area (Å²) in [6.45, 7) is 4.66. The first kappa shape index (κ1) is 9.35. The zero-order valence-corrected chi connectivity index (χ0v) is 5.92. The van der Waals surface area contributed by atoms with Crippen molar-refractivity contribution in [3.05, 3.63) is 12.2 Å². The van der Waals surface area contributed by atoms with Crippen LogP contribution in [0.25, 0.3) is 0 Å². The average Bonchev–Trinajstić information content (AvgIpc) is 1.99. The molecule has 0 aliphatic carbocycles. The molecule has 0 saturated heterocycles. The maximum atomic E-state index is 10.5. The van der Waals surface area contributed by atoms with Gasteiger partial charge >= 0.3 is 11.9 Å². The molecule has 0 aromatic heterocycles. The first-order valence-electron chi connectivity index (χ1n) is 2.69. The lowest BCUT2D eigenvalue weighted by Gasteiger charge is -1.99. The van der Waals surface area contributed by atoms with Crippen molar-refractivity contribution in [1.82, 2.24) is 5.48 Å². The van der Waals surface area contributed by atoms with E-state index < -0.39 is 11.9 Å². The van der Waals surface area contributed by atoms with Crippen LogP contribution in [0, 0.1) is 0 Å². The normalized spacial score (nSPS) is 8.09. The quantitative estimate of drug-likeness (QED) is 0.250. The summed E-state index contributed by atoms with van der Waals surface area (Å²) in [5, 5.41) is 0. The Balaban J connectivity index is 3.71. The standard InChI is InChI=1S/C6H7NO4/c1-4(2)6(10)11-7-5(9)3-8/h3H,1H2,2H3,(H,7,9). The van der Waals surface area contributed by atoms with Crippen molar-refractivity contribution < 1.29 is 19.2 Å². The molecular formula is C6H7NO4. The molecule has 0 heterocycles. The fourth-order valence-electron chi connectivity index (χ4n) is 0.208. The number of carbonyl (C=O) groups is 3. The molecule has 0 aromatic rings. The Hall–Kier alpha value is -1.65. The smallest absolute Gasteiger partial charge is 0.335 e. The van der Waals surface area contributed by atoms with Crippen LogP contribution < -0.4 is 5.48 Å². The maximum Gasteiger partial charge on any atom is 0.358 e. The number of carbonyl (C=O) groups excluding carboxylic acids is 3. The fourth-order valence-corrected chi connectivity index (χ4v) is 0.208. The van der Waals surface area contributed by atoms with Crippen molar-refractivity contribution >= 4 is 18.2 Å². The lowest BCUT2D eigenvalue weighted by atomic mass is 10.4. The van der Waals surface area contributed by atoms with Gasteiger partial charge in [0.1, 0.15) is 0 Å². The summed E-state index contributed by atoms with van der Waals surface area (Å²) in [7, 11) is 0. The van der Waals surface area contributed by atoms with Gasteiger partial charge in [-0.2, -0.15) is 5.48 Å². The molecule has 5 heteroatoms. The van der Waals surface area contributed by atoms with Gasteiger partial charge in [-0.15, -0.1) is 0 Å². The van der Waals surface area contributed by atoms with E-state index in [4.69, 9.17) is 0 Å². The summed E-state index contributed by atoms with van der Waals surface area (Å²) in [5.41, 5.74) is 1.73. The Kier molecular flexibility index (Phi) is 3.58.